The van der Waals surface area contributed by atoms with Gasteiger partial charge in [0.1, 0.15) is 0 Å². The fourth-order valence-corrected chi connectivity index (χ4v) is 4.92. The zero-order valence-corrected chi connectivity index (χ0v) is 18.4. The van der Waals surface area contributed by atoms with Crippen LogP contribution in [0.3, 0.4) is 0 Å². The average Bonchev–Trinajstić information content (AvgIpc) is 3.21. The van der Waals surface area contributed by atoms with Crippen molar-refractivity contribution in [3.63, 3.8) is 0 Å². The first kappa shape index (κ1) is 20.8. The molecule has 2 aromatic carbocycles. The molecule has 0 unspecified atom stereocenters. The number of fused-ring (bicyclic) bond motifs is 2. The van der Waals surface area contributed by atoms with Crippen molar-refractivity contribution in [2.75, 3.05) is 26.4 Å². The maximum atomic E-state index is 13.1. The Balaban J connectivity index is 1.57. The van der Waals surface area contributed by atoms with Crippen molar-refractivity contribution >= 4 is 28.4 Å². The Morgan fingerprint density at radius 2 is 1.93 bits per heavy atom. The van der Waals surface area contributed by atoms with E-state index in [-0.39, 0.29) is 17.1 Å². The number of Topliss-reactive ketones (excluding diaryl/α,β-unsaturated/α-hetero) is 1. The number of rotatable bonds is 8. The van der Waals surface area contributed by atoms with Gasteiger partial charge in [0.05, 0.1) is 37.3 Å². The first-order chi connectivity index (χ1) is 14.5. The van der Waals surface area contributed by atoms with Gasteiger partial charge in [0, 0.05) is 18.5 Å². The van der Waals surface area contributed by atoms with E-state index in [9.17, 15) is 9.59 Å². The number of ketones is 1. The van der Waals surface area contributed by atoms with Crippen LogP contribution in [0.5, 0.6) is 0 Å². The largest absolute Gasteiger partial charge is 0.340 e. The molecule has 0 saturated heterocycles. The molecule has 0 saturated carbocycles. The molecular formula is C24H28N3O2S+. The molecule has 4 rings (SSSR count). The second kappa shape index (κ2) is 9.14. The highest BCUT2D eigenvalue weighted by molar-refractivity contribution is 7.99. The monoisotopic (exact) mass is 422 g/mol. The Morgan fingerprint density at radius 3 is 2.77 bits per heavy atom. The SMILES string of the molecule is C[NH+](C)CCCn1c(SCC(=O)c2ccc3c(c2)CCC3)nc2ccccc2c1=O. The molecule has 30 heavy (non-hydrogen) atoms. The number of carbonyl (C=O) groups excluding carboxylic acids is 1. The number of hydrogen-bond acceptors (Lipinski definition) is 4. The standard InChI is InChI=1S/C24H27N3O2S/c1-26(2)13-6-14-27-23(29)20-9-3-4-10-21(20)25-24(27)30-16-22(28)19-12-11-17-7-5-8-18(17)15-19/h3-4,9-12,15H,5-8,13-14,16H2,1-2H3/p+1. The van der Waals surface area contributed by atoms with Gasteiger partial charge in [0.25, 0.3) is 5.56 Å². The lowest BCUT2D eigenvalue weighted by Gasteiger charge is -2.14. The molecule has 0 radical (unpaired) electrons. The highest BCUT2D eigenvalue weighted by atomic mass is 32.2. The van der Waals surface area contributed by atoms with Gasteiger partial charge in [-0.15, -0.1) is 0 Å². The molecule has 3 aromatic rings. The molecule has 0 spiro atoms. The normalized spacial score (nSPS) is 13.2. The third-order valence-corrected chi connectivity index (χ3v) is 6.61. The predicted molar refractivity (Wildman–Crippen MR) is 122 cm³/mol. The summed E-state index contributed by atoms with van der Waals surface area (Å²) < 4.78 is 1.74. The minimum Gasteiger partial charge on any atom is -0.340 e. The second-order valence-corrected chi connectivity index (χ2v) is 9.17. The molecule has 1 aliphatic rings. The minimum absolute atomic E-state index is 0.0261. The van der Waals surface area contributed by atoms with Crippen LogP contribution in [0.1, 0.15) is 34.3 Å². The number of aromatic nitrogens is 2. The van der Waals surface area contributed by atoms with Crippen LogP contribution in [-0.2, 0) is 19.4 Å². The molecular weight excluding hydrogens is 394 g/mol. The molecule has 0 bridgehead atoms. The van der Waals surface area contributed by atoms with Gasteiger partial charge in [-0.1, -0.05) is 36.0 Å². The van der Waals surface area contributed by atoms with Crippen LogP contribution in [0.2, 0.25) is 0 Å². The summed E-state index contributed by atoms with van der Waals surface area (Å²) in [5, 5.41) is 1.26. The molecule has 0 amide bonds. The number of nitrogens with zero attached hydrogens (tertiary/aromatic N) is 2. The molecule has 0 aliphatic heterocycles. The Kier molecular flexibility index (Phi) is 6.35. The summed E-state index contributed by atoms with van der Waals surface area (Å²) in [6, 6.07) is 13.5. The van der Waals surface area contributed by atoms with Crippen LogP contribution in [-0.4, -0.2) is 41.7 Å². The lowest BCUT2D eigenvalue weighted by Crippen LogP contribution is -3.05. The number of carbonyl (C=O) groups is 1. The lowest BCUT2D eigenvalue weighted by atomic mass is 10.0. The van der Waals surface area contributed by atoms with E-state index in [2.05, 4.69) is 20.2 Å². The van der Waals surface area contributed by atoms with Gasteiger partial charge in [-0.25, -0.2) is 4.98 Å². The highest BCUT2D eigenvalue weighted by Gasteiger charge is 2.17. The van der Waals surface area contributed by atoms with Crippen LogP contribution in [0.15, 0.2) is 52.4 Å². The Hall–Kier alpha value is -2.44. The zero-order chi connectivity index (χ0) is 21.1. The van der Waals surface area contributed by atoms with Crippen molar-refractivity contribution in [2.45, 2.75) is 37.4 Å². The van der Waals surface area contributed by atoms with Crippen molar-refractivity contribution in [3.05, 3.63) is 69.5 Å². The van der Waals surface area contributed by atoms with E-state index >= 15 is 0 Å². The number of hydrogen-bond donors (Lipinski definition) is 1. The van der Waals surface area contributed by atoms with Crippen LogP contribution in [0, 0.1) is 0 Å². The van der Waals surface area contributed by atoms with E-state index in [4.69, 9.17) is 4.98 Å². The molecule has 1 heterocycles. The Labute approximate surface area is 181 Å². The number of aryl methyl sites for hydroxylation is 2. The molecule has 0 fully saturated rings. The average molecular weight is 423 g/mol. The van der Waals surface area contributed by atoms with E-state index < -0.39 is 0 Å². The topological polar surface area (TPSA) is 56.4 Å². The van der Waals surface area contributed by atoms with Crippen molar-refractivity contribution in [1.82, 2.24) is 9.55 Å². The van der Waals surface area contributed by atoms with Gasteiger partial charge in [-0.05, 0) is 48.6 Å². The van der Waals surface area contributed by atoms with Crippen molar-refractivity contribution in [3.8, 4) is 0 Å². The number of nitrogens with one attached hydrogen (secondary N) is 1. The van der Waals surface area contributed by atoms with Gasteiger partial charge in [-0.2, -0.15) is 0 Å². The van der Waals surface area contributed by atoms with E-state index in [0.29, 0.717) is 22.6 Å². The van der Waals surface area contributed by atoms with Crippen molar-refractivity contribution in [1.29, 1.82) is 0 Å². The smallest absolute Gasteiger partial charge is 0.262 e. The molecule has 1 N–H and O–H groups in total. The maximum Gasteiger partial charge on any atom is 0.262 e. The van der Waals surface area contributed by atoms with Crippen molar-refractivity contribution in [2.24, 2.45) is 0 Å². The van der Waals surface area contributed by atoms with Crippen LogP contribution < -0.4 is 10.5 Å². The van der Waals surface area contributed by atoms with Gasteiger partial charge < -0.3 is 4.90 Å². The van der Waals surface area contributed by atoms with E-state index in [1.807, 2.05) is 36.4 Å². The molecule has 1 aromatic heterocycles. The fraction of sp³-hybridized carbons (Fsp3) is 0.375. The van der Waals surface area contributed by atoms with E-state index in [0.717, 1.165) is 31.4 Å². The third-order valence-electron chi connectivity index (χ3n) is 5.64. The van der Waals surface area contributed by atoms with E-state index in [1.54, 1.807) is 4.57 Å². The predicted octanol–water partition coefficient (Wildman–Crippen LogP) is 2.39. The van der Waals surface area contributed by atoms with E-state index in [1.165, 1.54) is 34.2 Å². The zero-order valence-electron chi connectivity index (χ0n) is 17.6. The number of para-hydroxylation sites is 1. The molecule has 0 atom stereocenters. The van der Waals surface area contributed by atoms with Gasteiger partial charge in [-0.3, -0.25) is 14.2 Å². The summed E-state index contributed by atoms with van der Waals surface area (Å²) in [5.41, 5.74) is 4.09. The Morgan fingerprint density at radius 1 is 1.13 bits per heavy atom. The molecule has 156 valence electrons. The lowest BCUT2D eigenvalue weighted by molar-refractivity contribution is -0.858. The number of benzene rings is 2. The second-order valence-electron chi connectivity index (χ2n) is 8.23. The molecule has 5 nitrogen and oxygen atoms in total. The number of thioether (sulfide) groups is 1. The summed E-state index contributed by atoms with van der Waals surface area (Å²) in [5.74, 6) is 0.365. The summed E-state index contributed by atoms with van der Waals surface area (Å²) in [6.07, 6.45) is 4.22. The first-order valence-corrected chi connectivity index (χ1v) is 11.6. The van der Waals surface area contributed by atoms with Crippen LogP contribution in [0.4, 0.5) is 0 Å². The quantitative estimate of drug-likeness (QED) is 0.344. The third kappa shape index (κ3) is 4.50. The Bertz CT molecular complexity index is 1140. The fourth-order valence-electron chi connectivity index (χ4n) is 4.00. The van der Waals surface area contributed by atoms with Gasteiger partial charge in [0.2, 0.25) is 0 Å². The van der Waals surface area contributed by atoms with Gasteiger partial charge >= 0.3 is 0 Å². The molecule has 1 aliphatic carbocycles. The summed E-state index contributed by atoms with van der Waals surface area (Å²) >= 11 is 1.37. The summed E-state index contributed by atoms with van der Waals surface area (Å²) in [7, 11) is 4.21. The molecule has 6 heteroatoms. The minimum atomic E-state index is -0.0261. The number of quaternary nitrogens is 1. The summed E-state index contributed by atoms with van der Waals surface area (Å²) in [4.78, 5) is 32.0. The van der Waals surface area contributed by atoms with Crippen LogP contribution >= 0.6 is 11.8 Å². The first-order valence-electron chi connectivity index (χ1n) is 10.6. The maximum absolute atomic E-state index is 13.1. The summed E-state index contributed by atoms with van der Waals surface area (Å²) in [6.45, 7) is 1.58. The van der Waals surface area contributed by atoms with Gasteiger partial charge in [0.15, 0.2) is 10.9 Å². The van der Waals surface area contributed by atoms with Crippen LogP contribution in [0.25, 0.3) is 10.9 Å². The highest BCUT2D eigenvalue weighted by Crippen LogP contribution is 2.24. The van der Waals surface area contributed by atoms with Crippen molar-refractivity contribution < 1.29 is 9.69 Å².